The van der Waals surface area contributed by atoms with Gasteiger partial charge in [-0.3, -0.25) is 4.79 Å². The molecule has 1 amide bonds. The van der Waals surface area contributed by atoms with Crippen molar-refractivity contribution >= 4 is 22.4 Å². The van der Waals surface area contributed by atoms with Crippen molar-refractivity contribution in [3.8, 4) is 5.75 Å². The second-order valence-electron chi connectivity index (χ2n) is 5.25. The number of hydrogen-bond acceptors (Lipinski definition) is 4. The first-order chi connectivity index (χ1) is 11.8. The molecule has 0 spiro atoms. The number of aromatic nitrogens is 1. The number of carbonyl (C=O) groups excluding carboxylic acids is 1. The maximum atomic E-state index is 11.9. The Morgan fingerprint density at radius 3 is 2.50 bits per heavy atom. The van der Waals surface area contributed by atoms with Crippen molar-refractivity contribution in [2.24, 2.45) is 0 Å². The average Bonchev–Trinajstić information content (AvgIpc) is 3.03. The highest BCUT2D eigenvalue weighted by Crippen LogP contribution is 2.21. The highest BCUT2D eigenvalue weighted by atomic mass is 32.1. The molecule has 3 rings (SSSR count). The van der Waals surface area contributed by atoms with Crippen LogP contribution in [0.3, 0.4) is 0 Å². The minimum absolute atomic E-state index is 0.0912. The van der Waals surface area contributed by atoms with Crippen LogP contribution >= 0.6 is 11.3 Å². The standard InChI is InChI=1S/C19H18N2O2S/c22-18(11-12-23-16-9-5-2-6-10-16)21-19-20-14-17(24-19)13-15-7-3-1-4-8-15/h1-10,14H,11-13H2,(H,20,21,22). The molecule has 0 fully saturated rings. The SMILES string of the molecule is O=C(CCOc1ccccc1)Nc1ncc(Cc2ccccc2)s1. The summed E-state index contributed by atoms with van der Waals surface area (Å²) in [5, 5.41) is 3.45. The lowest BCUT2D eigenvalue weighted by Gasteiger charge is -2.05. The van der Waals surface area contributed by atoms with Crippen LogP contribution in [0.5, 0.6) is 5.75 Å². The molecular formula is C19H18N2O2S. The van der Waals surface area contributed by atoms with E-state index < -0.39 is 0 Å². The van der Waals surface area contributed by atoms with Crippen molar-refractivity contribution in [3.63, 3.8) is 0 Å². The van der Waals surface area contributed by atoms with Gasteiger partial charge in [-0.15, -0.1) is 11.3 Å². The third-order valence-electron chi connectivity index (χ3n) is 3.36. The summed E-state index contributed by atoms with van der Waals surface area (Å²) >= 11 is 1.50. The number of hydrogen-bond donors (Lipinski definition) is 1. The van der Waals surface area contributed by atoms with E-state index in [9.17, 15) is 4.79 Å². The fourth-order valence-electron chi connectivity index (χ4n) is 2.20. The summed E-state index contributed by atoms with van der Waals surface area (Å²) < 4.78 is 5.52. The van der Waals surface area contributed by atoms with Gasteiger partial charge in [0, 0.05) is 17.5 Å². The van der Waals surface area contributed by atoms with E-state index in [0.29, 0.717) is 18.2 Å². The highest BCUT2D eigenvalue weighted by molar-refractivity contribution is 7.15. The van der Waals surface area contributed by atoms with Crippen molar-refractivity contribution in [2.75, 3.05) is 11.9 Å². The molecule has 0 aliphatic rings. The summed E-state index contributed by atoms with van der Waals surface area (Å²) in [5.41, 5.74) is 1.23. The smallest absolute Gasteiger partial charge is 0.229 e. The summed E-state index contributed by atoms with van der Waals surface area (Å²) in [7, 11) is 0. The number of anilines is 1. The van der Waals surface area contributed by atoms with Gasteiger partial charge in [0.2, 0.25) is 5.91 Å². The molecule has 1 heterocycles. The third kappa shape index (κ3) is 4.93. The van der Waals surface area contributed by atoms with Crippen LogP contribution in [0.4, 0.5) is 5.13 Å². The Labute approximate surface area is 145 Å². The molecule has 0 saturated heterocycles. The molecule has 0 aliphatic carbocycles. The first kappa shape index (κ1) is 16.2. The predicted octanol–water partition coefficient (Wildman–Crippen LogP) is 4.14. The molecule has 1 N–H and O–H groups in total. The van der Waals surface area contributed by atoms with Crippen LogP contribution in [0.25, 0.3) is 0 Å². The average molecular weight is 338 g/mol. The fourth-order valence-corrected chi connectivity index (χ4v) is 3.07. The largest absolute Gasteiger partial charge is 0.493 e. The zero-order valence-electron chi connectivity index (χ0n) is 13.1. The van der Waals surface area contributed by atoms with Gasteiger partial charge in [-0.1, -0.05) is 48.5 Å². The van der Waals surface area contributed by atoms with E-state index in [1.807, 2.05) is 54.7 Å². The van der Waals surface area contributed by atoms with E-state index in [0.717, 1.165) is 17.0 Å². The number of amides is 1. The number of rotatable bonds is 7. The van der Waals surface area contributed by atoms with Crippen molar-refractivity contribution in [3.05, 3.63) is 77.3 Å². The lowest BCUT2D eigenvalue weighted by molar-refractivity contribution is -0.116. The molecular weight excluding hydrogens is 320 g/mol. The van der Waals surface area contributed by atoms with Gasteiger partial charge in [0.15, 0.2) is 5.13 Å². The molecule has 0 bridgehead atoms. The maximum absolute atomic E-state index is 11.9. The Balaban J connectivity index is 1.45. The zero-order chi connectivity index (χ0) is 16.6. The van der Waals surface area contributed by atoms with Gasteiger partial charge in [-0.05, 0) is 17.7 Å². The Morgan fingerprint density at radius 1 is 1.04 bits per heavy atom. The quantitative estimate of drug-likeness (QED) is 0.704. The number of ether oxygens (including phenoxy) is 1. The predicted molar refractivity (Wildman–Crippen MR) is 96.5 cm³/mol. The second kappa shape index (κ2) is 8.26. The van der Waals surface area contributed by atoms with Crippen LogP contribution < -0.4 is 10.1 Å². The highest BCUT2D eigenvalue weighted by Gasteiger charge is 2.07. The van der Waals surface area contributed by atoms with Gasteiger partial charge in [-0.25, -0.2) is 4.98 Å². The van der Waals surface area contributed by atoms with E-state index in [2.05, 4.69) is 22.4 Å². The molecule has 5 heteroatoms. The Hall–Kier alpha value is -2.66. The van der Waals surface area contributed by atoms with Crippen LogP contribution in [-0.2, 0) is 11.2 Å². The van der Waals surface area contributed by atoms with Crippen LogP contribution in [0.15, 0.2) is 66.9 Å². The molecule has 4 nitrogen and oxygen atoms in total. The van der Waals surface area contributed by atoms with Crippen LogP contribution in [0, 0.1) is 0 Å². The van der Waals surface area contributed by atoms with Gasteiger partial charge in [-0.2, -0.15) is 0 Å². The first-order valence-corrected chi connectivity index (χ1v) is 8.57. The van der Waals surface area contributed by atoms with Gasteiger partial charge >= 0.3 is 0 Å². The minimum Gasteiger partial charge on any atom is -0.493 e. The van der Waals surface area contributed by atoms with E-state index in [1.54, 1.807) is 0 Å². The normalized spacial score (nSPS) is 10.3. The van der Waals surface area contributed by atoms with E-state index >= 15 is 0 Å². The molecule has 24 heavy (non-hydrogen) atoms. The minimum atomic E-state index is -0.0912. The monoisotopic (exact) mass is 338 g/mol. The van der Waals surface area contributed by atoms with Gasteiger partial charge in [0.25, 0.3) is 0 Å². The molecule has 1 aromatic heterocycles. The fraction of sp³-hybridized carbons (Fsp3) is 0.158. The number of thiazole rings is 1. The van der Waals surface area contributed by atoms with Crippen molar-refractivity contribution < 1.29 is 9.53 Å². The maximum Gasteiger partial charge on any atom is 0.229 e. The van der Waals surface area contributed by atoms with Crippen molar-refractivity contribution in [2.45, 2.75) is 12.8 Å². The van der Waals surface area contributed by atoms with E-state index in [4.69, 9.17) is 4.74 Å². The number of carbonyl (C=O) groups is 1. The molecule has 0 radical (unpaired) electrons. The third-order valence-corrected chi connectivity index (χ3v) is 4.27. The molecule has 2 aromatic carbocycles. The first-order valence-electron chi connectivity index (χ1n) is 7.76. The van der Waals surface area contributed by atoms with Crippen LogP contribution in [0.2, 0.25) is 0 Å². The van der Waals surface area contributed by atoms with E-state index in [-0.39, 0.29) is 5.91 Å². The zero-order valence-corrected chi connectivity index (χ0v) is 14.0. The lowest BCUT2D eigenvalue weighted by atomic mass is 10.1. The van der Waals surface area contributed by atoms with Crippen LogP contribution in [-0.4, -0.2) is 17.5 Å². The molecule has 0 aliphatic heterocycles. The summed E-state index contributed by atoms with van der Waals surface area (Å²) in [6.07, 6.45) is 2.93. The topological polar surface area (TPSA) is 51.2 Å². The van der Waals surface area contributed by atoms with Crippen molar-refractivity contribution in [1.82, 2.24) is 4.98 Å². The molecule has 0 unspecified atom stereocenters. The van der Waals surface area contributed by atoms with Gasteiger partial charge < -0.3 is 10.1 Å². The summed E-state index contributed by atoms with van der Waals surface area (Å²) in [4.78, 5) is 17.3. The number of nitrogens with one attached hydrogen (secondary N) is 1. The Bertz CT molecular complexity index is 772. The second-order valence-corrected chi connectivity index (χ2v) is 6.37. The van der Waals surface area contributed by atoms with Crippen LogP contribution in [0.1, 0.15) is 16.9 Å². The summed E-state index contributed by atoms with van der Waals surface area (Å²) in [6, 6.07) is 19.7. The van der Waals surface area contributed by atoms with Crippen molar-refractivity contribution in [1.29, 1.82) is 0 Å². The van der Waals surface area contributed by atoms with Gasteiger partial charge in [0.1, 0.15) is 5.75 Å². The van der Waals surface area contributed by atoms with Gasteiger partial charge in [0.05, 0.1) is 13.0 Å². The number of para-hydroxylation sites is 1. The summed E-state index contributed by atoms with van der Waals surface area (Å²) in [5.74, 6) is 0.677. The molecule has 3 aromatic rings. The number of benzene rings is 2. The molecule has 122 valence electrons. The molecule has 0 saturated carbocycles. The summed E-state index contributed by atoms with van der Waals surface area (Å²) in [6.45, 7) is 0.345. The Morgan fingerprint density at radius 2 is 1.75 bits per heavy atom. The van der Waals surface area contributed by atoms with E-state index in [1.165, 1.54) is 16.9 Å². The number of nitrogens with zero attached hydrogens (tertiary/aromatic N) is 1. The lowest BCUT2D eigenvalue weighted by Crippen LogP contribution is -2.14. The molecule has 0 atom stereocenters. The Kier molecular flexibility index (Phi) is 5.58.